The highest BCUT2D eigenvalue weighted by atomic mass is 79.9. The number of aromatic nitrogens is 3. The summed E-state index contributed by atoms with van der Waals surface area (Å²) in [5, 5.41) is 3.89. The average molecular weight is 193 g/mol. The van der Waals surface area contributed by atoms with Gasteiger partial charge in [-0.3, -0.25) is 5.84 Å². The van der Waals surface area contributed by atoms with Crippen LogP contribution in [0.4, 0.5) is 0 Å². The van der Waals surface area contributed by atoms with E-state index in [2.05, 4.69) is 5.10 Å². The van der Waals surface area contributed by atoms with Gasteiger partial charge in [-0.25, -0.2) is 0 Å². The second-order valence-electron chi connectivity index (χ2n) is 1.55. The molecule has 0 aliphatic rings. The fourth-order valence-corrected chi connectivity index (χ4v) is 0.503. The Morgan fingerprint density at radius 3 is 2.67 bits per heavy atom. The second kappa shape index (κ2) is 3.45. The molecular formula is C4H9BrN4. The van der Waals surface area contributed by atoms with E-state index in [0.717, 1.165) is 6.54 Å². The number of aryl methyl sites for hydroxylation is 1. The smallest absolute Gasteiger partial charge is 0.289 e. The molecule has 4 nitrogen and oxygen atoms in total. The van der Waals surface area contributed by atoms with Crippen molar-refractivity contribution in [1.82, 2.24) is 9.77 Å². The van der Waals surface area contributed by atoms with Crippen LogP contribution in [0, 0.1) is 0 Å². The van der Waals surface area contributed by atoms with Gasteiger partial charge in [-0.1, -0.05) is 0 Å². The number of nitrogens with two attached hydrogens (primary N) is 1. The van der Waals surface area contributed by atoms with Crippen LogP contribution < -0.4 is 27.5 Å². The number of halogens is 1. The maximum atomic E-state index is 5.29. The normalized spacial score (nSPS) is 8.56. The molecular weight excluding hydrogens is 184 g/mol. The highest BCUT2D eigenvalue weighted by Crippen LogP contribution is 1.64. The van der Waals surface area contributed by atoms with Crippen LogP contribution in [0.5, 0.6) is 0 Å². The molecule has 5 heteroatoms. The molecule has 0 amide bonds. The number of hydrogen-bond donors (Lipinski definition) is 1. The highest BCUT2D eigenvalue weighted by molar-refractivity contribution is 4.48. The van der Waals surface area contributed by atoms with Gasteiger partial charge in [-0.15, -0.1) is 9.36 Å². The fourth-order valence-electron chi connectivity index (χ4n) is 0.503. The zero-order valence-corrected chi connectivity index (χ0v) is 6.74. The van der Waals surface area contributed by atoms with Gasteiger partial charge in [0.05, 0.1) is 0 Å². The summed E-state index contributed by atoms with van der Waals surface area (Å²) in [6.07, 6.45) is 3.28. The van der Waals surface area contributed by atoms with E-state index < -0.39 is 0 Å². The number of nitrogens with zero attached hydrogens (tertiary/aromatic N) is 3. The minimum atomic E-state index is 0. The Morgan fingerprint density at radius 2 is 2.44 bits per heavy atom. The van der Waals surface area contributed by atoms with E-state index in [1.165, 1.54) is 4.68 Å². The Morgan fingerprint density at radius 1 is 1.78 bits per heavy atom. The molecule has 52 valence electrons. The van der Waals surface area contributed by atoms with Crippen LogP contribution >= 0.6 is 0 Å². The lowest BCUT2D eigenvalue weighted by Crippen LogP contribution is -3.00. The molecule has 0 bridgehead atoms. The fraction of sp³-hybridized carbons (Fsp3) is 0.500. The van der Waals surface area contributed by atoms with E-state index >= 15 is 0 Å². The summed E-state index contributed by atoms with van der Waals surface area (Å²) in [6.45, 7) is 2.87. The molecule has 1 aromatic rings. The van der Waals surface area contributed by atoms with E-state index in [1.54, 1.807) is 17.3 Å². The van der Waals surface area contributed by atoms with E-state index in [4.69, 9.17) is 5.84 Å². The van der Waals surface area contributed by atoms with Gasteiger partial charge in [0.25, 0.3) is 6.33 Å². The average Bonchev–Trinajstić information content (AvgIpc) is 2.14. The van der Waals surface area contributed by atoms with Crippen molar-refractivity contribution in [3.05, 3.63) is 12.7 Å². The zero-order chi connectivity index (χ0) is 5.98. The topological polar surface area (TPSA) is 47.7 Å². The minimum Gasteiger partial charge on any atom is -1.00 e. The van der Waals surface area contributed by atoms with Gasteiger partial charge < -0.3 is 17.0 Å². The molecule has 0 spiro atoms. The lowest BCUT2D eigenvalue weighted by Gasteiger charge is -1.77. The van der Waals surface area contributed by atoms with E-state index in [9.17, 15) is 0 Å². The van der Waals surface area contributed by atoms with Crippen LogP contribution in [0.3, 0.4) is 0 Å². The third-order valence-corrected chi connectivity index (χ3v) is 0.924. The molecule has 0 aliphatic heterocycles. The molecule has 0 atom stereocenters. The second-order valence-corrected chi connectivity index (χ2v) is 1.55. The van der Waals surface area contributed by atoms with Gasteiger partial charge >= 0.3 is 0 Å². The van der Waals surface area contributed by atoms with Gasteiger partial charge in [-0.2, -0.15) is 0 Å². The molecule has 1 aromatic heterocycles. The maximum Gasteiger partial charge on any atom is 0.289 e. The SMILES string of the molecule is CC[n+]1cn(N)cn1.[Br-]. The van der Waals surface area contributed by atoms with Crippen molar-refractivity contribution in [2.45, 2.75) is 13.5 Å². The van der Waals surface area contributed by atoms with Crippen LogP contribution in [0.25, 0.3) is 0 Å². The van der Waals surface area contributed by atoms with Gasteiger partial charge in [0, 0.05) is 0 Å². The van der Waals surface area contributed by atoms with Gasteiger partial charge in [0.15, 0.2) is 0 Å². The van der Waals surface area contributed by atoms with Crippen molar-refractivity contribution < 1.29 is 21.7 Å². The maximum absolute atomic E-state index is 5.29. The molecule has 0 aliphatic carbocycles. The Kier molecular flexibility index (Phi) is 3.22. The van der Waals surface area contributed by atoms with E-state index in [1.807, 2.05) is 6.92 Å². The number of rotatable bonds is 1. The molecule has 0 fully saturated rings. The van der Waals surface area contributed by atoms with Gasteiger partial charge in [0.1, 0.15) is 6.54 Å². The molecule has 0 unspecified atom stereocenters. The van der Waals surface area contributed by atoms with Crippen LogP contribution in [-0.2, 0) is 6.54 Å². The van der Waals surface area contributed by atoms with E-state index in [-0.39, 0.29) is 17.0 Å². The predicted molar refractivity (Wildman–Crippen MR) is 28.2 cm³/mol. The van der Waals surface area contributed by atoms with Gasteiger partial charge in [-0.05, 0) is 12.0 Å². The first-order valence-corrected chi connectivity index (χ1v) is 2.51. The van der Waals surface area contributed by atoms with E-state index in [0.29, 0.717) is 0 Å². The number of hydrogen-bond acceptors (Lipinski definition) is 2. The van der Waals surface area contributed by atoms with Crippen molar-refractivity contribution in [3.63, 3.8) is 0 Å². The first-order chi connectivity index (χ1) is 3.83. The van der Waals surface area contributed by atoms with Gasteiger partial charge in [0.2, 0.25) is 6.33 Å². The summed E-state index contributed by atoms with van der Waals surface area (Å²) in [5.41, 5.74) is 0. The molecule has 0 radical (unpaired) electrons. The lowest BCUT2D eigenvalue weighted by molar-refractivity contribution is -0.748. The molecule has 1 rings (SSSR count). The summed E-state index contributed by atoms with van der Waals surface area (Å²) < 4.78 is 3.17. The summed E-state index contributed by atoms with van der Waals surface area (Å²) in [4.78, 5) is 0. The highest BCUT2D eigenvalue weighted by Gasteiger charge is 1.95. The Balaban J connectivity index is 0.000000640. The van der Waals surface area contributed by atoms with Crippen LogP contribution in [-0.4, -0.2) is 9.77 Å². The molecule has 0 aromatic carbocycles. The lowest BCUT2D eigenvalue weighted by atomic mass is 10.8. The van der Waals surface area contributed by atoms with Crippen molar-refractivity contribution >= 4 is 0 Å². The van der Waals surface area contributed by atoms with Crippen LogP contribution in [0.2, 0.25) is 0 Å². The Bertz CT molecular complexity index is 173. The Labute approximate surface area is 64.0 Å². The van der Waals surface area contributed by atoms with Crippen molar-refractivity contribution in [3.8, 4) is 0 Å². The van der Waals surface area contributed by atoms with Crippen LogP contribution in [0.1, 0.15) is 6.92 Å². The summed E-state index contributed by atoms with van der Waals surface area (Å²) >= 11 is 0. The molecule has 2 N–H and O–H groups in total. The van der Waals surface area contributed by atoms with Crippen LogP contribution in [0.15, 0.2) is 12.7 Å². The third kappa shape index (κ3) is 2.01. The van der Waals surface area contributed by atoms with Crippen molar-refractivity contribution in [2.75, 3.05) is 5.84 Å². The monoisotopic (exact) mass is 192 g/mol. The molecule has 0 saturated heterocycles. The molecule has 0 saturated carbocycles. The Hall–Kier alpha value is -0.580. The van der Waals surface area contributed by atoms with Crippen molar-refractivity contribution in [1.29, 1.82) is 0 Å². The standard InChI is InChI=1S/C4H9N4.BrH/c1-2-8-4-7(5)3-6-8;/h3-4H,2,5H2,1H3;1H/q+1;/p-1. The largest absolute Gasteiger partial charge is 1.00 e. The zero-order valence-electron chi connectivity index (χ0n) is 5.16. The quantitative estimate of drug-likeness (QED) is 0.364. The van der Waals surface area contributed by atoms with Crippen molar-refractivity contribution in [2.24, 2.45) is 0 Å². The summed E-state index contributed by atoms with van der Waals surface area (Å²) in [7, 11) is 0. The summed E-state index contributed by atoms with van der Waals surface area (Å²) in [5.74, 6) is 5.29. The first-order valence-electron chi connectivity index (χ1n) is 2.51. The first kappa shape index (κ1) is 8.42. The number of nitrogen functional groups attached to an aromatic ring is 1. The minimum absolute atomic E-state index is 0. The third-order valence-electron chi connectivity index (χ3n) is 0.924. The molecule has 1 heterocycles. The predicted octanol–water partition coefficient (Wildman–Crippen LogP) is -4.09. The molecule has 9 heavy (non-hydrogen) atoms. The summed E-state index contributed by atoms with van der Waals surface area (Å²) in [6, 6.07) is 0.